The quantitative estimate of drug-likeness (QED) is 0.608. The number of H-pyrrole nitrogens is 1. The summed E-state index contributed by atoms with van der Waals surface area (Å²) in [5.74, 6) is 0.553. The highest BCUT2D eigenvalue weighted by Crippen LogP contribution is 2.22. The zero-order valence-electron chi connectivity index (χ0n) is 12.6. The molecule has 0 aliphatic heterocycles. The lowest BCUT2D eigenvalue weighted by molar-refractivity contribution is 0.102. The number of carbonyl (C=O) groups excluding carboxylic acids is 1. The summed E-state index contributed by atoms with van der Waals surface area (Å²) in [5, 5.41) is 2.81. The first-order valence-corrected chi connectivity index (χ1v) is 7.41. The molecule has 4 aromatic rings. The molecule has 0 atom stereocenters. The monoisotopic (exact) mass is 315 g/mol. The molecule has 116 valence electrons. The predicted octanol–water partition coefficient (Wildman–Crippen LogP) is 3.27. The summed E-state index contributed by atoms with van der Waals surface area (Å²) >= 11 is 0. The number of benzene rings is 2. The van der Waals surface area contributed by atoms with Crippen molar-refractivity contribution in [3.63, 3.8) is 0 Å². The minimum Gasteiger partial charge on any atom is -0.338 e. The predicted molar refractivity (Wildman–Crippen MR) is 91.5 cm³/mol. The highest BCUT2D eigenvalue weighted by molar-refractivity contribution is 6.03. The van der Waals surface area contributed by atoms with E-state index >= 15 is 0 Å². The number of hydrogen-bond acceptors (Lipinski definition) is 4. The molecule has 2 N–H and O–H groups in total. The Morgan fingerprint density at radius 3 is 2.46 bits per heavy atom. The van der Waals surface area contributed by atoms with E-state index in [1.54, 1.807) is 0 Å². The Morgan fingerprint density at radius 2 is 1.71 bits per heavy atom. The van der Waals surface area contributed by atoms with Crippen LogP contribution in [-0.4, -0.2) is 25.8 Å². The van der Waals surface area contributed by atoms with Gasteiger partial charge < -0.3 is 10.3 Å². The number of amides is 1. The average molecular weight is 315 g/mol. The van der Waals surface area contributed by atoms with Crippen molar-refractivity contribution < 1.29 is 4.79 Å². The van der Waals surface area contributed by atoms with E-state index in [4.69, 9.17) is 0 Å². The van der Waals surface area contributed by atoms with Crippen molar-refractivity contribution in [2.24, 2.45) is 0 Å². The highest BCUT2D eigenvalue weighted by atomic mass is 16.1. The Balaban J connectivity index is 1.55. The zero-order valence-corrected chi connectivity index (χ0v) is 12.6. The third-order valence-corrected chi connectivity index (χ3v) is 3.63. The van der Waals surface area contributed by atoms with Crippen LogP contribution in [0.3, 0.4) is 0 Å². The number of rotatable bonds is 3. The zero-order chi connectivity index (χ0) is 16.4. The molecule has 24 heavy (non-hydrogen) atoms. The van der Waals surface area contributed by atoms with Gasteiger partial charge in [0, 0.05) is 23.6 Å². The van der Waals surface area contributed by atoms with Gasteiger partial charge in [0.25, 0.3) is 5.91 Å². The van der Waals surface area contributed by atoms with Gasteiger partial charge in [-0.3, -0.25) is 4.79 Å². The molecule has 0 aliphatic rings. The maximum atomic E-state index is 12.1. The molecular weight excluding hydrogens is 302 g/mol. The van der Waals surface area contributed by atoms with Crippen LogP contribution < -0.4 is 5.32 Å². The summed E-state index contributed by atoms with van der Waals surface area (Å²) in [7, 11) is 0. The lowest BCUT2D eigenvalue weighted by Crippen LogP contribution is -2.12. The number of hydrogen-bond donors (Lipinski definition) is 2. The highest BCUT2D eigenvalue weighted by Gasteiger charge is 2.08. The molecule has 0 fully saturated rings. The van der Waals surface area contributed by atoms with Crippen LogP contribution in [0.5, 0.6) is 0 Å². The van der Waals surface area contributed by atoms with Crippen LogP contribution in [0.15, 0.2) is 67.3 Å². The molecule has 0 radical (unpaired) electrons. The Kier molecular flexibility index (Phi) is 3.47. The van der Waals surface area contributed by atoms with Crippen LogP contribution >= 0.6 is 0 Å². The second-order valence-corrected chi connectivity index (χ2v) is 5.26. The number of aromatic nitrogens is 4. The smallest absolute Gasteiger partial charge is 0.258 e. The first-order chi connectivity index (χ1) is 11.8. The minimum atomic E-state index is -0.243. The van der Waals surface area contributed by atoms with Crippen molar-refractivity contribution in [2.75, 3.05) is 5.32 Å². The van der Waals surface area contributed by atoms with Gasteiger partial charge in [-0.1, -0.05) is 12.1 Å². The molecule has 2 aromatic heterocycles. The second-order valence-electron chi connectivity index (χ2n) is 5.26. The number of nitrogens with one attached hydrogen (secondary N) is 2. The van der Waals surface area contributed by atoms with Crippen LogP contribution in [0, 0.1) is 0 Å². The van der Waals surface area contributed by atoms with Gasteiger partial charge in [-0.2, -0.15) is 0 Å². The van der Waals surface area contributed by atoms with Gasteiger partial charge in [-0.15, -0.1) is 0 Å². The standard InChI is InChI=1S/C18H13N5O/c24-18(13-9-19-11-20-10-13)21-14-7-5-12(6-8-14)17-22-15-3-1-2-4-16(15)23-17/h1-11H,(H,21,24)(H,22,23). The molecule has 0 unspecified atom stereocenters. The van der Waals surface area contributed by atoms with Gasteiger partial charge in [0.1, 0.15) is 12.2 Å². The third-order valence-electron chi connectivity index (χ3n) is 3.63. The van der Waals surface area contributed by atoms with Crippen LogP contribution in [0.2, 0.25) is 0 Å². The van der Waals surface area contributed by atoms with Crippen LogP contribution in [0.25, 0.3) is 22.4 Å². The summed E-state index contributed by atoms with van der Waals surface area (Å²) < 4.78 is 0. The van der Waals surface area contributed by atoms with Gasteiger partial charge in [0.15, 0.2) is 0 Å². The molecule has 2 aromatic carbocycles. The van der Waals surface area contributed by atoms with Gasteiger partial charge >= 0.3 is 0 Å². The van der Waals surface area contributed by atoms with E-state index in [-0.39, 0.29) is 5.91 Å². The Bertz CT molecular complexity index is 960. The molecule has 0 aliphatic carbocycles. The number of anilines is 1. The van der Waals surface area contributed by atoms with Crippen molar-refractivity contribution in [1.82, 2.24) is 19.9 Å². The number of nitrogens with zero attached hydrogens (tertiary/aromatic N) is 3. The third kappa shape index (κ3) is 2.72. The van der Waals surface area contributed by atoms with E-state index in [1.807, 2.05) is 48.5 Å². The lowest BCUT2D eigenvalue weighted by atomic mass is 10.2. The molecule has 0 bridgehead atoms. The van der Waals surface area contributed by atoms with Gasteiger partial charge in [-0.25, -0.2) is 15.0 Å². The molecule has 4 rings (SSSR count). The number of fused-ring (bicyclic) bond motifs is 1. The van der Waals surface area contributed by atoms with Crippen molar-refractivity contribution in [2.45, 2.75) is 0 Å². The summed E-state index contributed by atoms with van der Waals surface area (Å²) in [6, 6.07) is 15.4. The van der Waals surface area contributed by atoms with E-state index in [9.17, 15) is 4.79 Å². The van der Waals surface area contributed by atoms with E-state index in [0.717, 1.165) is 22.4 Å². The first-order valence-electron chi connectivity index (χ1n) is 7.41. The topological polar surface area (TPSA) is 83.6 Å². The normalized spacial score (nSPS) is 10.7. The molecular formula is C18H13N5O. The van der Waals surface area contributed by atoms with E-state index < -0.39 is 0 Å². The van der Waals surface area contributed by atoms with E-state index in [0.29, 0.717) is 11.3 Å². The molecule has 0 spiro atoms. The number of para-hydroxylation sites is 2. The Morgan fingerprint density at radius 1 is 0.958 bits per heavy atom. The molecule has 1 amide bonds. The van der Waals surface area contributed by atoms with E-state index in [2.05, 4.69) is 25.3 Å². The number of imidazole rings is 1. The van der Waals surface area contributed by atoms with E-state index in [1.165, 1.54) is 18.7 Å². The van der Waals surface area contributed by atoms with Crippen molar-refractivity contribution >= 4 is 22.6 Å². The minimum absolute atomic E-state index is 0.243. The molecule has 0 saturated carbocycles. The van der Waals surface area contributed by atoms with Crippen LogP contribution in [0.4, 0.5) is 5.69 Å². The van der Waals surface area contributed by atoms with Crippen molar-refractivity contribution in [1.29, 1.82) is 0 Å². The SMILES string of the molecule is O=C(Nc1ccc(-c2nc3ccccc3[nH]2)cc1)c1cncnc1. The summed E-state index contributed by atoms with van der Waals surface area (Å²) in [6.07, 6.45) is 4.34. The van der Waals surface area contributed by atoms with Gasteiger partial charge in [0.05, 0.1) is 16.6 Å². The molecule has 0 saturated heterocycles. The maximum absolute atomic E-state index is 12.1. The average Bonchev–Trinajstić information content (AvgIpc) is 3.07. The van der Waals surface area contributed by atoms with Crippen molar-refractivity contribution in [3.8, 4) is 11.4 Å². The van der Waals surface area contributed by atoms with Gasteiger partial charge in [0.2, 0.25) is 0 Å². The van der Waals surface area contributed by atoms with Crippen molar-refractivity contribution in [3.05, 3.63) is 72.8 Å². The first kappa shape index (κ1) is 14.1. The fraction of sp³-hybridized carbons (Fsp3) is 0. The second kappa shape index (κ2) is 5.92. The fourth-order valence-electron chi connectivity index (χ4n) is 2.42. The molecule has 6 heteroatoms. The fourth-order valence-corrected chi connectivity index (χ4v) is 2.42. The maximum Gasteiger partial charge on any atom is 0.258 e. The Hall–Kier alpha value is -3.54. The molecule has 2 heterocycles. The van der Waals surface area contributed by atoms with Crippen LogP contribution in [-0.2, 0) is 0 Å². The summed E-state index contributed by atoms with van der Waals surface area (Å²) in [5.41, 5.74) is 3.98. The summed E-state index contributed by atoms with van der Waals surface area (Å²) in [4.78, 5) is 27.6. The number of aromatic amines is 1. The number of carbonyl (C=O) groups is 1. The largest absolute Gasteiger partial charge is 0.338 e. The Labute approximate surface area is 137 Å². The van der Waals surface area contributed by atoms with Crippen LogP contribution in [0.1, 0.15) is 10.4 Å². The summed E-state index contributed by atoms with van der Waals surface area (Å²) in [6.45, 7) is 0. The van der Waals surface area contributed by atoms with Gasteiger partial charge in [-0.05, 0) is 36.4 Å². The lowest BCUT2D eigenvalue weighted by Gasteiger charge is -2.05. The molecule has 6 nitrogen and oxygen atoms in total.